The van der Waals surface area contributed by atoms with Gasteiger partial charge in [0.25, 0.3) is 11.8 Å². The number of anilines is 3. The Balaban J connectivity index is 2.11. The van der Waals surface area contributed by atoms with Crippen LogP contribution < -0.4 is 26.6 Å². The van der Waals surface area contributed by atoms with Crippen molar-refractivity contribution in [1.82, 2.24) is 20.6 Å². The molecule has 0 aliphatic heterocycles. The van der Waals surface area contributed by atoms with Gasteiger partial charge >= 0.3 is 6.09 Å². The van der Waals surface area contributed by atoms with E-state index in [-0.39, 0.29) is 17.4 Å². The van der Waals surface area contributed by atoms with Crippen LogP contribution in [0.4, 0.5) is 22.1 Å². The lowest BCUT2D eigenvalue weighted by atomic mass is 10.1. The van der Waals surface area contributed by atoms with Crippen molar-refractivity contribution in [2.24, 2.45) is 5.73 Å². The van der Waals surface area contributed by atoms with E-state index in [1.54, 1.807) is 0 Å². The molecule has 2 aromatic rings. The summed E-state index contributed by atoms with van der Waals surface area (Å²) in [6, 6.07) is 7.47. The van der Waals surface area contributed by atoms with Crippen molar-refractivity contribution in [2.75, 3.05) is 37.9 Å². The molecule has 0 aliphatic carbocycles. The fraction of sp³-hybridized carbons (Fsp3) is 0.409. The van der Waals surface area contributed by atoms with Crippen molar-refractivity contribution in [2.45, 2.75) is 32.8 Å². The highest BCUT2D eigenvalue weighted by atomic mass is 16.6. The normalized spacial score (nSPS) is 11.3. The maximum Gasteiger partial charge on any atom is 0.407 e. The minimum absolute atomic E-state index is 0.0696. The van der Waals surface area contributed by atoms with Crippen molar-refractivity contribution >= 4 is 35.2 Å². The number of aromatic nitrogens is 2. The Hall–Kier alpha value is -3.89. The van der Waals surface area contributed by atoms with E-state index >= 15 is 0 Å². The molecule has 1 aromatic heterocycles. The summed E-state index contributed by atoms with van der Waals surface area (Å²) in [6.07, 6.45) is -0.422. The molecule has 1 atom stereocenters. The maximum atomic E-state index is 12.0. The lowest BCUT2D eigenvalue weighted by Gasteiger charge is -2.18. The van der Waals surface area contributed by atoms with E-state index in [9.17, 15) is 14.4 Å². The number of carbonyl (C=O) groups excluding carboxylic acids is 3. The highest BCUT2D eigenvalue weighted by Crippen LogP contribution is 2.24. The zero-order valence-electron chi connectivity index (χ0n) is 19.6. The van der Waals surface area contributed by atoms with Gasteiger partial charge in [0.15, 0.2) is 23.4 Å². The van der Waals surface area contributed by atoms with Crippen LogP contribution in [0.5, 0.6) is 0 Å². The molecule has 178 valence electrons. The summed E-state index contributed by atoms with van der Waals surface area (Å²) in [5, 5.41) is 8.16. The highest BCUT2D eigenvalue weighted by molar-refractivity contribution is 5.96. The number of aryl methyl sites for hydroxylation is 1. The van der Waals surface area contributed by atoms with Crippen molar-refractivity contribution in [3.63, 3.8) is 0 Å². The van der Waals surface area contributed by atoms with Gasteiger partial charge in [-0.15, -0.1) is 0 Å². The second kappa shape index (κ2) is 11.7. The van der Waals surface area contributed by atoms with Gasteiger partial charge in [-0.25, -0.2) is 14.8 Å². The summed E-state index contributed by atoms with van der Waals surface area (Å²) < 4.78 is 4.90. The Morgan fingerprint density at radius 1 is 1.21 bits per heavy atom. The van der Waals surface area contributed by atoms with Gasteiger partial charge in [0.2, 0.25) is 0 Å². The van der Waals surface area contributed by atoms with Gasteiger partial charge in [0.05, 0.1) is 5.69 Å². The third-order valence-electron chi connectivity index (χ3n) is 4.70. The summed E-state index contributed by atoms with van der Waals surface area (Å²) >= 11 is 0. The van der Waals surface area contributed by atoms with E-state index in [0.717, 1.165) is 5.56 Å². The number of nitrogens with one attached hydrogen (secondary N) is 3. The average Bonchev–Trinajstić information content (AvgIpc) is 2.78. The van der Waals surface area contributed by atoms with Crippen molar-refractivity contribution in [1.29, 1.82) is 0 Å². The Morgan fingerprint density at radius 2 is 1.94 bits per heavy atom. The van der Waals surface area contributed by atoms with Gasteiger partial charge < -0.3 is 31.3 Å². The first kappa shape index (κ1) is 25.4. The molecule has 0 aliphatic rings. The molecule has 1 aromatic carbocycles. The number of benzene rings is 1. The maximum absolute atomic E-state index is 12.0. The molecule has 0 saturated carbocycles. The molecule has 11 nitrogen and oxygen atoms in total. The van der Waals surface area contributed by atoms with Gasteiger partial charge in [0, 0.05) is 33.4 Å². The summed E-state index contributed by atoms with van der Waals surface area (Å²) in [5.74, 6) is -0.135. The quantitative estimate of drug-likeness (QED) is 0.417. The van der Waals surface area contributed by atoms with E-state index in [2.05, 4.69) is 25.9 Å². The highest BCUT2D eigenvalue weighted by Gasteiger charge is 2.19. The number of nitrogens with zero attached hydrogens (tertiary/aromatic N) is 3. The molecular weight excluding hydrogens is 426 g/mol. The van der Waals surface area contributed by atoms with Crippen LogP contribution in [0, 0.1) is 0 Å². The molecule has 2 rings (SSSR count). The van der Waals surface area contributed by atoms with Crippen LogP contribution in [0.3, 0.4) is 0 Å². The molecule has 0 spiro atoms. The first-order valence-electron chi connectivity index (χ1n) is 10.6. The van der Waals surface area contributed by atoms with Gasteiger partial charge in [-0.05, 0) is 37.5 Å². The number of ether oxygens (including phenoxy) is 1. The van der Waals surface area contributed by atoms with Crippen molar-refractivity contribution < 1.29 is 19.1 Å². The van der Waals surface area contributed by atoms with Gasteiger partial charge in [0.1, 0.15) is 0 Å². The van der Waals surface area contributed by atoms with Crippen LogP contribution in [-0.2, 0) is 22.4 Å². The molecule has 0 fully saturated rings. The number of nitrogens with two attached hydrogens (primary N) is 1. The minimum Gasteiger partial charge on any atom is -0.436 e. The van der Waals surface area contributed by atoms with Crippen molar-refractivity contribution in [3.8, 4) is 0 Å². The number of rotatable bonds is 10. The Bertz CT molecular complexity index is 1010. The molecule has 0 unspecified atom stereocenters. The monoisotopic (exact) mass is 457 g/mol. The summed E-state index contributed by atoms with van der Waals surface area (Å²) in [7, 11) is 5.13. The van der Waals surface area contributed by atoms with Gasteiger partial charge in [-0.1, -0.05) is 19.1 Å². The fourth-order valence-corrected chi connectivity index (χ4v) is 3.00. The first-order chi connectivity index (χ1) is 15.7. The van der Waals surface area contributed by atoms with Crippen molar-refractivity contribution in [3.05, 3.63) is 41.2 Å². The number of alkyl carbamates (subject to hydrolysis) is 1. The molecule has 11 heteroatoms. The SMILES string of the molecule is CCc1nc(C(N)=O)c(Nc2cccc(CCNC(=O)[C@H](C)OC(=O)NC)c2)nc1N(C)C. The number of carbonyl (C=O) groups is 3. The van der Waals surface area contributed by atoms with Crippen LogP contribution in [0.1, 0.15) is 35.6 Å². The smallest absolute Gasteiger partial charge is 0.407 e. The Morgan fingerprint density at radius 3 is 2.55 bits per heavy atom. The van der Waals surface area contributed by atoms with Crippen LogP contribution in [0.2, 0.25) is 0 Å². The molecule has 0 bridgehead atoms. The molecule has 0 radical (unpaired) electrons. The average molecular weight is 458 g/mol. The van der Waals surface area contributed by atoms with E-state index < -0.39 is 18.1 Å². The molecule has 0 saturated heterocycles. The van der Waals surface area contributed by atoms with Gasteiger partial charge in [-0.2, -0.15) is 0 Å². The zero-order chi connectivity index (χ0) is 24.5. The van der Waals surface area contributed by atoms with Crippen LogP contribution >= 0.6 is 0 Å². The van der Waals surface area contributed by atoms with E-state index in [1.807, 2.05) is 50.2 Å². The first-order valence-corrected chi connectivity index (χ1v) is 10.6. The third kappa shape index (κ3) is 7.06. The number of primary amides is 1. The summed E-state index contributed by atoms with van der Waals surface area (Å²) in [6.45, 7) is 3.78. The fourth-order valence-electron chi connectivity index (χ4n) is 3.00. The lowest BCUT2D eigenvalue weighted by Crippen LogP contribution is -2.38. The minimum atomic E-state index is -0.902. The van der Waals surface area contributed by atoms with Crippen LogP contribution in [0.25, 0.3) is 0 Å². The Labute approximate surface area is 193 Å². The third-order valence-corrected chi connectivity index (χ3v) is 4.70. The molecule has 5 N–H and O–H groups in total. The number of hydrogen-bond acceptors (Lipinski definition) is 8. The van der Waals surface area contributed by atoms with E-state index in [0.29, 0.717) is 36.6 Å². The lowest BCUT2D eigenvalue weighted by molar-refractivity contribution is -0.128. The number of hydrogen-bond donors (Lipinski definition) is 4. The van der Waals surface area contributed by atoms with E-state index in [1.165, 1.54) is 14.0 Å². The summed E-state index contributed by atoms with van der Waals surface area (Å²) in [4.78, 5) is 46.0. The largest absolute Gasteiger partial charge is 0.436 e. The van der Waals surface area contributed by atoms with E-state index in [4.69, 9.17) is 10.5 Å². The predicted octanol–water partition coefficient (Wildman–Crippen LogP) is 1.35. The molecule has 1 heterocycles. The topological polar surface area (TPSA) is 152 Å². The van der Waals surface area contributed by atoms with Crippen LogP contribution in [-0.4, -0.2) is 61.7 Å². The van der Waals surface area contributed by atoms with Gasteiger partial charge in [-0.3, -0.25) is 9.59 Å². The second-order valence-corrected chi connectivity index (χ2v) is 7.47. The Kier molecular flexibility index (Phi) is 8.96. The zero-order valence-corrected chi connectivity index (χ0v) is 19.6. The summed E-state index contributed by atoms with van der Waals surface area (Å²) in [5.41, 5.74) is 7.92. The standard InChI is InChI=1S/C22H31N7O4/c1-6-16-20(29(4)5)28-19(17(27-16)18(23)30)26-15-9-7-8-14(12-15)10-11-25-21(31)13(2)33-22(32)24-3/h7-9,12-13H,6,10-11H2,1-5H3,(H2,23,30)(H,24,32)(H,25,31)(H,26,28)/t13-/m0/s1. The predicted molar refractivity (Wildman–Crippen MR) is 126 cm³/mol. The number of amides is 3. The van der Waals surface area contributed by atoms with Crippen LogP contribution in [0.15, 0.2) is 24.3 Å². The molecular formula is C22H31N7O4. The molecule has 33 heavy (non-hydrogen) atoms. The second-order valence-electron chi connectivity index (χ2n) is 7.47. The molecule has 3 amide bonds.